The topological polar surface area (TPSA) is 122 Å². The SMILES string of the molecule is CS(=O)(=O)c1ccc(-c2ccc(Oc3nn[nH]c3C(=O)O)cc2)cc1. The van der Waals surface area contributed by atoms with Crippen molar-refractivity contribution in [1.82, 2.24) is 15.4 Å². The number of carboxylic acid groups (broad SMARTS) is 1. The van der Waals surface area contributed by atoms with Crippen LogP contribution in [0.2, 0.25) is 0 Å². The summed E-state index contributed by atoms with van der Waals surface area (Å²) in [6.07, 6.45) is 1.16. The minimum Gasteiger partial charge on any atom is -0.476 e. The molecular weight excluding hydrogens is 346 g/mol. The van der Waals surface area contributed by atoms with Crippen molar-refractivity contribution in [1.29, 1.82) is 0 Å². The number of H-pyrrole nitrogens is 1. The smallest absolute Gasteiger partial charge is 0.359 e. The fourth-order valence-corrected chi connectivity index (χ4v) is 2.78. The fraction of sp³-hybridized carbons (Fsp3) is 0.0625. The molecule has 0 saturated heterocycles. The Labute approximate surface area is 143 Å². The van der Waals surface area contributed by atoms with Gasteiger partial charge in [-0.05, 0) is 35.4 Å². The van der Waals surface area contributed by atoms with E-state index in [2.05, 4.69) is 15.4 Å². The molecule has 0 aliphatic rings. The molecule has 0 aliphatic carbocycles. The summed E-state index contributed by atoms with van der Waals surface area (Å²) in [5.41, 5.74) is 1.46. The molecule has 1 aromatic heterocycles. The predicted molar refractivity (Wildman–Crippen MR) is 88.4 cm³/mol. The molecule has 2 N–H and O–H groups in total. The van der Waals surface area contributed by atoms with E-state index in [1.54, 1.807) is 48.5 Å². The molecule has 2 aromatic carbocycles. The highest BCUT2D eigenvalue weighted by molar-refractivity contribution is 7.90. The Morgan fingerprint density at radius 3 is 2.12 bits per heavy atom. The average Bonchev–Trinajstić information content (AvgIpc) is 3.03. The molecule has 3 rings (SSSR count). The summed E-state index contributed by atoms with van der Waals surface area (Å²) in [4.78, 5) is 11.2. The standard InChI is InChI=1S/C16H13N3O5S/c1-25(22,23)13-8-4-11(5-9-13)10-2-6-12(7-3-10)24-15-14(16(20)21)17-19-18-15/h2-9H,1H3,(H,20,21)(H,17,18,19). The number of aromatic amines is 1. The van der Waals surface area contributed by atoms with Crippen molar-refractivity contribution in [3.63, 3.8) is 0 Å². The molecule has 0 spiro atoms. The summed E-state index contributed by atoms with van der Waals surface area (Å²) in [5, 5.41) is 18.2. The van der Waals surface area contributed by atoms with E-state index in [9.17, 15) is 13.2 Å². The van der Waals surface area contributed by atoms with E-state index in [-0.39, 0.29) is 16.5 Å². The molecule has 25 heavy (non-hydrogen) atoms. The Hall–Kier alpha value is -3.20. The van der Waals surface area contributed by atoms with E-state index >= 15 is 0 Å². The van der Waals surface area contributed by atoms with E-state index in [0.29, 0.717) is 5.75 Å². The van der Waals surface area contributed by atoms with Gasteiger partial charge in [0.2, 0.25) is 5.69 Å². The van der Waals surface area contributed by atoms with Crippen molar-refractivity contribution >= 4 is 15.8 Å². The van der Waals surface area contributed by atoms with Gasteiger partial charge in [-0.3, -0.25) is 0 Å². The van der Waals surface area contributed by atoms with Gasteiger partial charge in [0.1, 0.15) is 5.75 Å². The van der Waals surface area contributed by atoms with Gasteiger partial charge in [-0.15, -0.1) is 0 Å². The van der Waals surface area contributed by atoms with Crippen molar-refractivity contribution in [3.05, 3.63) is 54.2 Å². The zero-order chi connectivity index (χ0) is 18.0. The number of nitrogens with zero attached hydrogens (tertiary/aromatic N) is 2. The molecule has 0 saturated carbocycles. The zero-order valence-electron chi connectivity index (χ0n) is 13.0. The lowest BCUT2D eigenvalue weighted by Crippen LogP contribution is -1.99. The van der Waals surface area contributed by atoms with Gasteiger partial charge in [0.25, 0.3) is 5.88 Å². The van der Waals surface area contributed by atoms with Gasteiger partial charge in [-0.25, -0.2) is 18.3 Å². The lowest BCUT2D eigenvalue weighted by molar-refractivity contribution is 0.0687. The monoisotopic (exact) mass is 359 g/mol. The highest BCUT2D eigenvalue weighted by Crippen LogP contribution is 2.26. The van der Waals surface area contributed by atoms with Crippen molar-refractivity contribution < 1.29 is 23.1 Å². The molecule has 0 fully saturated rings. The van der Waals surface area contributed by atoms with Crippen LogP contribution in [0.1, 0.15) is 10.5 Å². The number of sulfone groups is 1. The van der Waals surface area contributed by atoms with Crippen LogP contribution in [0.3, 0.4) is 0 Å². The molecule has 3 aromatic rings. The Morgan fingerprint density at radius 1 is 1.04 bits per heavy atom. The lowest BCUT2D eigenvalue weighted by Gasteiger charge is -2.06. The number of rotatable bonds is 5. The van der Waals surface area contributed by atoms with Crippen molar-refractivity contribution in [2.24, 2.45) is 0 Å². The third-order valence-electron chi connectivity index (χ3n) is 3.42. The average molecular weight is 359 g/mol. The summed E-state index contributed by atoms with van der Waals surface area (Å²) >= 11 is 0. The van der Waals surface area contributed by atoms with Crippen LogP contribution in [-0.4, -0.2) is 41.2 Å². The predicted octanol–water partition coefficient (Wildman–Crippen LogP) is 2.37. The molecular formula is C16H13N3O5S. The molecule has 128 valence electrons. The Balaban J connectivity index is 1.80. The second kappa shape index (κ2) is 6.36. The zero-order valence-corrected chi connectivity index (χ0v) is 13.8. The number of carbonyl (C=O) groups is 1. The number of ether oxygens (including phenoxy) is 1. The Morgan fingerprint density at radius 2 is 1.60 bits per heavy atom. The van der Waals surface area contributed by atoms with Crippen LogP contribution in [0.4, 0.5) is 0 Å². The number of hydrogen-bond acceptors (Lipinski definition) is 6. The highest BCUT2D eigenvalue weighted by Gasteiger charge is 2.16. The van der Waals surface area contributed by atoms with Gasteiger partial charge < -0.3 is 9.84 Å². The summed E-state index contributed by atoms with van der Waals surface area (Å²) in [6, 6.07) is 13.4. The first-order valence-electron chi connectivity index (χ1n) is 7.07. The van der Waals surface area contributed by atoms with Crippen molar-refractivity contribution in [3.8, 4) is 22.8 Å². The van der Waals surface area contributed by atoms with Gasteiger partial charge in [-0.2, -0.15) is 0 Å². The highest BCUT2D eigenvalue weighted by atomic mass is 32.2. The molecule has 0 bridgehead atoms. The number of benzene rings is 2. The van der Waals surface area contributed by atoms with Crippen LogP contribution in [-0.2, 0) is 9.84 Å². The normalized spacial score (nSPS) is 11.2. The Bertz CT molecular complexity index is 1010. The minimum absolute atomic E-state index is 0.127. The number of carboxylic acids is 1. The molecule has 0 aliphatic heterocycles. The molecule has 0 amide bonds. The van der Waals surface area contributed by atoms with E-state index in [1.165, 1.54) is 0 Å². The van der Waals surface area contributed by atoms with E-state index < -0.39 is 15.8 Å². The van der Waals surface area contributed by atoms with Crippen LogP contribution >= 0.6 is 0 Å². The Kier molecular flexibility index (Phi) is 4.24. The van der Waals surface area contributed by atoms with E-state index in [1.807, 2.05) is 0 Å². The van der Waals surface area contributed by atoms with Crippen molar-refractivity contribution in [2.75, 3.05) is 6.26 Å². The van der Waals surface area contributed by atoms with Crippen LogP contribution in [0, 0.1) is 0 Å². The van der Waals surface area contributed by atoms with Crippen LogP contribution in [0.25, 0.3) is 11.1 Å². The van der Waals surface area contributed by atoms with Gasteiger partial charge in [-0.1, -0.05) is 34.6 Å². The molecule has 1 heterocycles. The van der Waals surface area contributed by atoms with Gasteiger partial charge in [0, 0.05) is 6.26 Å². The first-order valence-corrected chi connectivity index (χ1v) is 8.96. The number of aromatic nitrogens is 3. The maximum atomic E-state index is 11.5. The van der Waals surface area contributed by atoms with Crippen LogP contribution in [0.5, 0.6) is 11.6 Å². The van der Waals surface area contributed by atoms with Crippen LogP contribution in [0.15, 0.2) is 53.4 Å². The molecule has 8 nitrogen and oxygen atoms in total. The largest absolute Gasteiger partial charge is 0.476 e. The third kappa shape index (κ3) is 3.66. The number of hydrogen-bond donors (Lipinski definition) is 2. The van der Waals surface area contributed by atoms with Gasteiger partial charge in [0.15, 0.2) is 9.84 Å². The molecule has 0 radical (unpaired) electrons. The fourth-order valence-electron chi connectivity index (χ4n) is 2.15. The van der Waals surface area contributed by atoms with Crippen LogP contribution < -0.4 is 4.74 Å². The summed E-state index contributed by atoms with van der Waals surface area (Å²) in [6.45, 7) is 0. The van der Waals surface area contributed by atoms with Gasteiger partial charge >= 0.3 is 5.97 Å². The maximum absolute atomic E-state index is 11.5. The minimum atomic E-state index is -3.23. The number of nitrogens with one attached hydrogen (secondary N) is 1. The quantitative estimate of drug-likeness (QED) is 0.717. The summed E-state index contributed by atoms with van der Waals surface area (Å²) < 4.78 is 28.4. The second-order valence-electron chi connectivity index (χ2n) is 5.22. The lowest BCUT2D eigenvalue weighted by atomic mass is 10.1. The number of aromatic carboxylic acids is 1. The first-order chi connectivity index (χ1) is 11.8. The molecule has 9 heteroatoms. The second-order valence-corrected chi connectivity index (χ2v) is 7.24. The third-order valence-corrected chi connectivity index (χ3v) is 4.54. The first kappa shape index (κ1) is 16.7. The van der Waals surface area contributed by atoms with Crippen molar-refractivity contribution in [2.45, 2.75) is 4.90 Å². The van der Waals surface area contributed by atoms with E-state index in [4.69, 9.17) is 9.84 Å². The van der Waals surface area contributed by atoms with E-state index in [0.717, 1.165) is 17.4 Å². The molecule has 0 unspecified atom stereocenters. The maximum Gasteiger partial charge on any atom is 0.359 e. The van der Waals surface area contributed by atoms with Gasteiger partial charge in [0.05, 0.1) is 4.90 Å². The molecule has 0 atom stereocenters. The summed E-state index contributed by atoms with van der Waals surface area (Å²) in [7, 11) is -3.23. The summed E-state index contributed by atoms with van der Waals surface area (Å²) in [5.74, 6) is -0.951.